The largest absolute Gasteiger partial charge is 0.469 e. The van der Waals surface area contributed by atoms with Gasteiger partial charge in [-0.15, -0.1) is 11.6 Å². The Morgan fingerprint density at radius 3 is 2.81 bits per heavy atom. The van der Waals surface area contributed by atoms with Crippen LogP contribution in [0.5, 0.6) is 0 Å². The van der Waals surface area contributed by atoms with Crippen LogP contribution < -0.4 is 0 Å². The topological polar surface area (TPSA) is 31.0 Å². The molecule has 2 aromatic heterocycles. The van der Waals surface area contributed by atoms with E-state index in [4.69, 9.17) is 21.0 Å². The van der Waals surface area contributed by atoms with Gasteiger partial charge in [-0.05, 0) is 66.8 Å². The van der Waals surface area contributed by atoms with Gasteiger partial charge in [-0.2, -0.15) is 0 Å². The van der Waals surface area contributed by atoms with Gasteiger partial charge in [0.05, 0.1) is 22.7 Å². The average molecular weight is 415 g/mol. The van der Waals surface area contributed by atoms with E-state index in [9.17, 15) is 0 Å². The van der Waals surface area contributed by atoms with Crippen molar-refractivity contribution in [1.29, 1.82) is 0 Å². The summed E-state index contributed by atoms with van der Waals surface area (Å²) in [6.45, 7) is 4.13. The smallest absolute Gasteiger partial charge is 0.127 e. The molecule has 0 amide bonds. The molecule has 3 nitrogen and oxygen atoms in total. The van der Waals surface area contributed by atoms with Crippen LogP contribution in [0.4, 0.5) is 0 Å². The molecule has 3 rings (SSSR count). The molecule has 0 fully saturated rings. The Balaban J connectivity index is 2.08. The number of hydrogen-bond acceptors (Lipinski definition) is 2. The highest BCUT2D eigenvalue weighted by atomic mass is 127. The molecule has 0 saturated carbocycles. The summed E-state index contributed by atoms with van der Waals surface area (Å²) in [7, 11) is 0. The van der Waals surface area contributed by atoms with Crippen LogP contribution >= 0.6 is 34.2 Å². The number of imidazole rings is 1. The van der Waals surface area contributed by atoms with E-state index in [0.29, 0.717) is 0 Å². The number of nitrogens with zero attached hydrogens (tertiary/aromatic N) is 2. The molecule has 2 heterocycles. The van der Waals surface area contributed by atoms with Crippen molar-refractivity contribution in [2.24, 2.45) is 0 Å². The fourth-order valence-electron chi connectivity index (χ4n) is 2.65. The summed E-state index contributed by atoms with van der Waals surface area (Å²) in [5.41, 5.74) is 2.12. The molecule has 1 aromatic carbocycles. The highest BCUT2D eigenvalue weighted by Crippen LogP contribution is 2.30. The summed E-state index contributed by atoms with van der Waals surface area (Å²) in [6.07, 6.45) is 2.53. The lowest BCUT2D eigenvalue weighted by Crippen LogP contribution is -2.12. The van der Waals surface area contributed by atoms with Crippen LogP contribution in [-0.2, 0) is 6.42 Å². The summed E-state index contributed by atoms with van der Waals surface area (Å²) >= 11 is 8.64. The van der Waals surface area contributed by atoms with Gasteiger partial charge in [-0.25, -0.2) is 4.98 Å². The van der Waals surface area contributed by atoms with Crippen LogP contribution in [0.3, 0.4) is 0 Å². The van der Waals surface area contributed by atoms with Crippen molar-refractivity contribution in [3.8, 4) is 0 Å². The van der Waals surface area contributed by atoms with Crippen molar-refractivity contribution in [1.82, 2.24) is 9.55 Å². The summed E-state index contributed by atoms with van der Waals surface area (Å²) in [6, 6.07) is 10.5. The molecular formula is C16H16ClIN2O. The van der Waals surface area contributed by atoms with Crippen LogP contribution in [0.15, 0.2) is 41.0 Å². The Morgan fingerprint density at radius 1 is 1.33 bits per heavy atom. The molecule has 2 unspecified atom stereocenters. The first-order valence-electron chi connectivity index (χ1n) is 6.90. The van der Waals surface area contributed by atoms with Gasteiger partial charge in [0.2, 0.25) is 0 Å². The Kier molecular flexibility index (Phi) is 4.26. The predicted molar refractivity (Wildman–Crippen MR) is 93.8 cm³/mol. The summed E-state index contributed by atoms with van der Waals surface area (Å²) in [5, 5.41) is -0.130. The van der Waals surface area contributed by atoms with Crippen LogP contribution in [0.2, 0.25) is 0 Å². The van der Waals surface area contributed by atoms with E-state index in [1.165, 1.54) is 3.57 Å². The zero-order chi connectivity index (χ0) is 15.0. The molecule has 0 saturated heterocycles. The fourth-order valence-corrected chi connectivity index (χ4v) is 3.27. The molecule has 2 atom stereocenters. The van der Waals surface area contributed by atoms with Gasteiger partial charge in [0.25, 0.3) is 0 Å². The van der Waals surface area contributed by atoms with E-state index < -0.39 is 0 Å². The molecule has 5 heteroatoms. The minimum atomic E-state index is -0.130. The molecule has 0 aliphatic carbocycles. The maximum Gasteiger partial charge on any atom is 0.127 e. The maximum atomic E-state index is 6.34. The van der Waals surface area contributed by atoms with E-state index in [1.54, 1.807) is 6.26 Å². The van der Waals surface area contributed by atoms with E-state index >= 15 is 0 Å². The van der Waals surface area contributed by atoms with Crippen LogP contribution in [0.25, 0.3) is 11.0 Å². The van der Waals surface area contributed by atoms with Crippen LogP contribution in [0, 0.1) is 3.57 Å². The molecular weight excluding hydrogens is 399 g/mol. The first kappa shape index (κ1) is 14.9. The van der Waals surface area contributed by atoms with Crippen molar-refractivity contribution in [2.45, 2.75) is 31.7 Å². The van der Waals surface area contributed by atoms with Gasteiger partial charge in [-0.1, -0.05) is 0 Å². The van der Waals surface area contributed by atoms with E-state index in [2.05, 4.69) is 52.3 Å². The molecule has 0 N–H and O–H groups in total. The quantitative estimate of drug-likeness (QED) is 0.426. The Labute approximate surface area is 142 Å². The third kappa shape index (κ3) is 2.97. The van der Waals surface area contributed by atoms with Crippen molar-refractivity contribution < 1.29 is 4.42 Å². The van der Waals surface area contributed by atoms with E-state index in [1.807, 2.05) is 19.1 Å². The van der Waals surface area contributed by atoms with E-state index in [-0.39, 0.29) is 11.4 Å². The SMILES string of the molecule is CC(Cl)c1nc2cc(I)ccc2n1C(C)Cc1ccco1. The van der Waals surface area contributed by atoms with Crippen molar-refractivity contribution >= 4 is 45.2 Å². The molecule has 0 aliphatic heterocycles. The monoisotopic (exact) mass is 414 g/mol. The number of alkyl halides is 1. The van der Waals surface area contributed by atoms with Gasteiger partial charge in [0.1, 0.15) is 11.6 Å². The number of aromatic nitrogens is 2. The van der Waals surface area contributed by atoms with Crippen LogP contribution in [-0.4, -0.2) is 9.55 Å². The second-order valence-electron chi connectivity index (χ2n) is 5.22. The minimum absolute atomic E-state index is 0.130. The molecule has 3 aromatic rings. The Hall–Kier alpha value is -1.01. The molecule has 0 radical (unpaired) electrons. The minimum Gasteiger partial charge on any atom is -0.469 e. The average Bonchev–Trinajstić information content (AvgIpc) is 3.04. The number of furan rings is 1. The number of rotatable bonds is 4. The van der Waals surface area contributed by atoms with Crippen LogP contribution in [0.1, 0.15) is 36.9 Å². The summed E-state index contributed by atoms with van der Waals surface area (Å²) in [5.74, 6) is 1.88. The van der Waals surface area contributed by atoms with Gasteiger partial charge >= 0.3 is 0 Å². The molecule has 0 spiro atoms. The molecule has 0 aliphatic rings. The number of benzene rings is 1. The second-order valence-corrected chi connectivity index (χ2v) is 7.12. The third-order valence-electron chi connectivity index (χ3n) is 3.55. The molecule has 21 heavy (non-hydrogen) atoms. The second kappa shape index (κ2) is 6.01. The predicted octanol–water partition coefficient (Wildman–Crippen LogP) is 5.34. The summed E-state index contributed by atoms with van der Waals surface area (Å²) in [4.78, 5) is 4.72. The number of halogens is 2. The zero-order valence-electron chi connectivity index (χ0n) is 11.9. The standard InChI is InChI=1S/C16H16ClIN2O/c1-10(8-13-4-3-7-21-13)20-15-6-5-12(18)9-14(15)19-16(20)11(2)17/h3-7,9-11H,8H2,1-2H3. The third-order valence-corrected chi connectivity index (χ3v) is 4.42. The highest BCUT2D eigenvalue weighted by molar-refractivity contribution is 14.1. The van der Waals surface area contributed by atoms with Crippen molar-refractivity contribution in [3.05, 3.63) is 51.7 Å². The maximum absolute atomic E-state index is 6.34. The highest BCUT2D eigenvalue weighted by Gasteiger charge is 2.20. The lowest BCUT2D eigenvalue weighted by Gasteiger charge is -2.17. The normalized spacial score (nSPS) is 14.5. The van der Waals surface area contributed by atoms with E-state index in [0.717, 1.165) is 29.0 Å². The number of hydrogen-bond donors (Lipinski definition) is 0. The molecule has 0 bridgehead atoms. The fraction of sp³-hybridized carbons (Fsp3) is 0.312. The number of fused-ring (bicyclic) bond motifs is 1. The Bertz CT molecular complexity index is 749. The first-order chi connectivity index (χ1) is 10.1. The van der Waals surface area contributed by atoms with Crippen molar-refractivity contribution in [2.75, 3.05) is 0 Å². The zero-order valence-corrected chi connectivity index (χ0v) is 14.8. The van der Waals surface area contributed by atoms with Gasteiger partial charge in [0, 0.05) is 16.0 Å². The molecule has 110 valence electrons. The Morgan fingerprint density at radius 2 is 2.14 bits per heavy atom. The van der Waals surface area contributed by atoms with Gasteiger partial charge in [0.15, 0.2) is 0 Å². The first-order valence-corrected chi connectivity index (χ1v) is 8.41. The van der Waals surface area contributed by atoms with Gasteiger partial charge in [-0.3, -0.25) is 0 Å². The lowest BCUT2D eigenvalue weighted by atomic mass is 10.1. The van der Waals surface area contributed by atoms with Crippen molar-refractivity contribution in [3.63, 3.8) is 0 Å². The van der Waals surface area contributed by atoms with Gasteiger partial charge < -0.3 is 8.98 Å². The summed E-state index contributed by atoms with van der Waals surface area (Å²) < 4.78 is 8.87. The lowest BCUT2D eigenvalue weighted by molar-refractivity contribution is 0.447.